The molecule has 100 valence electrons. The van der Waals surface area contributed by atoms with Gasteiger partial charge in [-0.1, -0.05) is 11.8 Å². The highest BCUT2D eigenvalue weighted by molar-refractivity contribution is 7.99. The smallest absolute Gasteiger partial charge is 0.340 e. The molecule has 0 fully saturated rings. The van der Waals surface area contributed by atoms with Crippen LogP contribution in [0.1, 0.15) is 28.5 Å². The number of thioether (sulfide) groups is 1. The summed E-state index contributed by atoms with van der Waals surface area (Å²) in [6, 6.07) is 3.24. The van der Waals surface area contributed by atoms with Gasteiger partial charge in [-0.15, -0.1) is 0 Å². The van der Waals surface area contributed by atoms with Gasteiger partial charge in [0.1, 0.15) is 11.1 Å². The van der Waals surface area contributed by atoms with E-state index < -0.39 is 11.9 Å². The van der Waals surface area contributed by atoms with Crippen LogP contribution in [0.5, 0.6) is 0 Å². The lowest BCUT2D eigenvalue weighted by Gasteiger charge is -2.09. The third kappa shape index (κ3) is 3.96. The molecule has 0 saturated heterocycles. The average molecular weight is 279 g/mol. The first kappa shape index (κ1) is 15.0. The maximum absolute atomic E-state index is 11.6. The molecule has 0 aliphatic rings. The number of carboxylic acid groups (broad SMARTS) is 1. The van der Waals surface area contributed by atoms with Gasteiger partial charge in [0.25, 0.3) is 0 Å². The van der Waals surface area contributed by atoms with Crippen LogP contribution in [0.2, 0.25) is 0 Å². The van der Waals surface area contributed by atoms with Crippen molar-refractivity contribution < 1.29 is 19.4 Å². The summed E-state index contributed by atoms with van der Waals surface area (Å²) in [6.45, 7) is 3.49. The van der Waals surface area contributed by atoms with Crippen LogP contribution in [0.25, 0.3) is 0 Å². The molecule has 0 amide bonds. The van der Waals surface area contributed by atoms with E-state index >= 15 is 0 Å². The lowest BCUT2D eigenvalue weighted by atomic mass is 10.1. The Morgan fingerprint density at radius 1 is 1.58 bits per heavy atom. The molecule has 1 aromatic heterocycles. The van der Waals surface area contributed by atoms with Gasteiger partial charge in [-0.05, 0) is 19.9 Å². The highest BCUT2D eigenvalue weighted by Gasteiger charge is 2.16. The average Bonchev–Trinajstić information content (AvgIpc) is 2.36. The number of nitrogens with zero attached hydrogens (tertiary/aromatic N) is 2. The van der Waals surface area contributed by atoms with Gasteiger partial charge in [0.2, 0.25) is 0 Å². The molecule has 6 nitrogen and oxygen atoms in total. The number of carboxylic acids is 1. The SMILES string of the molecule is CCOC(=O)c1cc(C#N)c(SCC(=O)[O-])nc1C. The van der Waals surface area contributed by atoms with Crippen molar-refractivity contribution in [1.82, 2.24) is 4.98 Å². The molecule has 1 heterocycles. The van der Waals surface area contributed by atoms with Crippen molar-refractivity contribution in [2.24, 2.45) is 0 Å². The van der Waals surface area contributed by atoms with Crippen LogP contribution in [-0.4, -0.2) is 29.3 Å². The number of aromatic nitrogens is 1. The Morgan fingerprint density at radius 3 is 2.79 bits per heavy atom. The molecule has 19 heavy (non-hydrogen) atoms. The standard InChI is InChI=1S/C12H12N2O4S/c1-3-18-12(17)9-4-8(5-13)11(14-7(9)2)19-6-10(15)16/h4H,3,6H2,1-2H3,(H,15,16)/p-1. The lowest BCUT2D eigenvalue weighted by molar-refractivity contribution is -0.301. The lowest BCUT2D eigenvalue weighted by Crippen LogP contribution is -2.24. The Balaban J connectivity index is 3.11. The number of nitriles is 1. The second-order valence-corrected chi connectivity index (χ2v) is 4.43. The molecule has 0 N–H and O–H groups in total. The zero-order valence-electron chi connectivity index (χ0n) is 10.4. The minimum Gasteiger partial charge on any atom is -0.549 e. The highest BCUT2D eigenvalue weighted by atomic mass is 32.2. The summed E-state index contributed by atoms with van der Waals surface area (Å²) < 4.78 is 4.85. The number of carbonyl (C=O) groups excluding carboxylic acids is 2. The largest absolute Gasteiger partial charge is 0.549 e. The third-order valence-corrected chi connectivity index (χ3v) is 3.09. The van der Waals surface area contributed by atoms with E-state index in [1.54, 1.807) is 13.8 Å². The van der Waals surface area contributed by atoms with Crippen LogP contribution in [0.15, 0.2) is 11.1 Å². The Hall–Kier alpha value is -2.07. The Morgan fingerprint density at radius 2 is 2.26 bits per heavy atom. The Bertz CT molecular complexity index is 551. The van der Waals surface area contributed by atoms with Crippen molar-refractivity contribution >= 4 is 23.7 Å². The first-order valence-corrected chi connectivity index (χ1v) is 6.39. The maximum Gasteiger partial charge on any atom is 0.340 e. The van der Waals surface area contributed by atoms with Crippen LogP contribution in [0.3, 0.4) is 0 Å². The first-order chi connectivity index (χ1) is 8.99. The summed E-state index contributed by atoms with van der Waals surface area (Å²) in [4.78, 5) is 26.1. The minimum atomic E-state index is -1.25. The normalized spacial score (nSPS) is 9.74. The molecule has 0 spiro atoms. The number of hydrogen-bond acceptors (Lipinski definition) is 7. The van der Waals surface area contributed by atoms with Gasteiger partial charge in [-0.25, -0.2) is 9.78 Å². The number of carbonyl (C=O) groups is 2. The van der Waals surface area contributed by atoms with E-state index in [0.717, 1.165) is 11.8 Å². The van der Waals surface area contributed by atoms with Crippen molar-refractivity contribution in [2.75, 3.05) is 12.4 Å². The predicted octanol–water partition coefficient (Wildman–Crippen LogP) is 0.280. The van der Waals surface area contributed by atoms with Gasteiger partial charge in [-0.2, -0.15) is 5.26 Å². The Kier molecular flexibility index (Phi) is 5.33. The quantitative estimate of drug-likeness (QED) is 0.563. The van der Waals surface area contributed by atoms with Gasteiger partial charge in [-0.3, -0.25) is 0 Å². The van der Waals surface area contributed by atoms with Gasteiger partial charge >= 0.3 is 5.97 Å². The van der Waals surface area contributed by atoms with Crippen LogP contribution >= 0.6 is 11.8 Å². The van der Waals surface area contributed by atoms with Crippen LogP contribution in [0.4, 0.5) is 0 Å². The molecule has 0 unspecified atom stereocenters. The molecule has 0 atom stereocenters. The molecule has 0 saturated carbocycles. The van der Waals surface area contributed by atoms with E-state index in [4.69, 9.17) is 10.00 Å². The van der Waals surface area contributed by atoms with Crippen molar-refractivity contribution in [3.05, 3.63) is 22.9 Å². The third-order valence-electron chi connectivity index (χ3n) is 2.12. The second kappa shape index (κ2) is 6.75. The van der Waals surface area contributed by atoms with Gasteiger partial charge < -0.3 is 14.6 Å². The summed E-state index contributed by atoms with van der Waals surface area (Å²) >= 11 is 0.880. The van der Waals surface area contributed by atoms with Crippen molar-refractivity contribution in [3.63, 3.8) is 0 Å². The van der Waals surface area contributed by atoms with Crippen LogP contribution in [-0.2, 0) is 9.53 Å². The molecular weight excluding hydrogens is 268 g/mol. The van der Waals surface area contributed by atoms with Crippen LogP contribution in [0, 0.1) is 18.3 Å². The summed E-state index contributed by atoms with van der Waals surface area (Å²) in [5, 5.41) is 19.7. The number of esters is 1. The highest BCUT2D eigenvalue weighted by Crippen LogP contribution is 2.22. The van der Waals surface area contributed by atoms with E-state index in [2.05, 4.69) is 4.98 Å². The number of hydrogen-bond donors (Lipinski definition) is 0. The van der Waals surface area contributed by atoms with E-state index in [1.165, 1.54) is 6.07 Å². The molecule has 0 aliphatic carbocycles. The molecular formula is C12H11N2O4S-. The molecule has 0 radical (unpaired) electrons. The summed E-state index contributed by atoms with van der Waals surface area (Å²) in [6.07, 6.45) is 0. The second-order valence-electron chi connectivity index (χ2n) is 3.47. The van der Waals surface area contributed by atoms with Gasteiger partial charge in [0.05, 0.1) is 29.4 Å². The van der Waals surface area contributed by atoms with Crippen molar-refractivity contribution in [3.8, 4) is 6.07 Å². The van der Waals surface area contributed by atoms with Gasteiger partial charge in [0, 0.05) is 5.75 Å². The fourth-order valence-electron chi connectivity index (χ4n) is 1.32. The van der Waals surface area contributed by atoms with Crippen LogP contribution < -0.4 is 5.11 Å². The zero-order chi connectivity index (χ0) is 14.4. The monoisotopic (exact) mass is 279 g/mol. The molecule has 1 rings (SSSR count). The number of aryl methyl sites for hydroxylation is 1. The Labute approximate surface area is 114 Å². The number of pyridine rings is 1. The molecule has 1 aromatic rings. The van der Waals surface area contributed by atoms with E-state index in [9.17, 15) is 14.7 Å². The summed E-state index contributed by atoms with van der Waals surface area (Å²) in [5.41, 5.74) is 0.731. The number of aliphatic carboxylic acids is 1. The predicted molar refractivity (Wildman–Crippen MR) is 65.4 cm³/mol. The molecule has 0 aromatic carbocycles. The van der Waals surface area contributed by atoms with Gasteiger partial charge in [0.15, 0.2) is 0 Å². The molecule has 0 bridgehead atoms. The first-order valence-electron chi connectivity index (χ1n) is 5.41. The number of ether oxygens (including phenoxy) is 1. The maximum atomic E-state index is 11.6. The molecule has 7 heteroatoms. The number of rotatable bonds is 5. The zero-order valence-corrected chi connectivity index (χ0v) is 11.2. The summed E-state index contributed by atoms with van der Waals surface area (Å²) in [5.74, 6) is -2.11. The fraction of sp³-hybridized carbons (Fsp3) is 0.333. The van der Waals surface area contributed by atoms with Crippen molar-refractivity contribution in [2.45, 2.75) is 18.9 Å². The van der Waals surface area contributed by atoms with Crippen molar-refractivity contribution in [1.29, 1.82) is 5.26 Å². The van der Waals surface area contributed by atoms with E-state index in [1.807, 2.05) is 6.07 Å². The van der Waals surface area contributed by atoms with E-state index in [0.29, 0.717) is 5.69 Å². The topological polar surface area (TPSA) is 103 Å². The fourth-order valence-corrected chi connectivity index (χ4v) is 2.03. The summed E-state index contributed by atoms with van der Waals surface area (Å²) in [7, 11) is 0. The molecule has 0 aliphatic heterocycles. The van der Waals surface area contributed by atoms with E-state index in [-0.39, 0.29) is 28.5 Å². The minimum absolute atomic E-state index is 0.139.